The summed E-state index contributed by atoms with van der Waals surface area (Å²) in [5, 5.41) is 3.47. The highest BCUT2D eigenvalue weighted by molar-refractivity contribution is 5.66. The molecule has 1 saturated heterocycles. The second kappa shape index (κ2) is 6.48. The van der Waals surface area contributed by atoms with E-state index in [1.54, 1.807) is 0 Å². The zero-order valence-electron chi connectivity index (χ0n) is 13.2. The van der Waals surface area contributed by atoms with Crippen molar-refractivity contribution in [3.8, 4) is 11.3 Å². The molecule has 0 spiro atoms. The van der Waals surface area contributed by atoms with Crippen molar-refractivity contribution in [2.45, 2.75) is 13.0 Å². The van der Waals surface area contributed by atoms with Crippen LogP contribution in [0, 0.1) is 0 Å². The summed E-state index contributed by atoms with van der Waals surface area (Å²) in [7, 11) is 0. The second-order valence-electron chi connectivity index (χ2n) is 5.95. The number of aromatic nitrogens is 3. The molecule has 0 amide bonds. The molecule has 4 heterocycles. The number of nitrogens with zero attached hydrogens (tertiary/aromatic N) is 4. The molecule has 4 rings (SSSR count). The Balaban J connectivity index is 1.76. The molecular formula is C18H21N5. The fraction of sp³-hybridized carbons (Fsp3) is 0.333. The topological polar surface area (TPSA) is 45.5 Å². The first kappa shape index (κ1) is 14.4. The highest BCUT2D eigenvalue weighted by atomic mass is 15.2. The van der Waals surface area contributed by atoms with Gasteiger partial charge in [0.1, 0.15) is 5.65 Å². The van der Waals surface area contributed by atoms with Crippen molar-refractivity contribution in [3.63, 3.8) is 0 Å². The smallest absolute Gasteiger partial charge is 0.137 e. The lowest BCUT2D eigenvalue weighted by molar-refractivity contribution is 0.281. The summed E-state index contributed by atoms with van der Waals surface area (Å²) in [5.74, 6) is 0. The quantitative estimate of drug-likeness (QED) is 0.806. The third-order valence-electron chi connectivity index (χ3n) is 4.39. The molecule has 0 aliphatic carbocycles. The van der Waals surface area contributed by atoms with Crippen LogP contribution in [-0.4, -0.2) is 45.4 Å². The first-order chi connectivity index (χ1) is 11.4. The molecule has 0 radical (unpaired) electrons. The molecule has 5 heteroatoms. The van der Waals surface area contributed by atoms with Gasteiger partial charge in [0.2, 0.25) is 0 Å². The van der Waals surface area contributed by atoms with Crippen molar-refractivity contribution in [2.24, 2.45) is 0 Å². The lowest BCUT2D eigenvalue weighted by Crippen LogP contribution is -2.28. The Morgan fingerprint density at radius 1 is 1.04 bits per heavy atom. The van der Waals surface area contributed by atoms with Crippen molar-refractivity contribution in [2.75, 3.05) is 26.2 Å². The van der Waals surface area contributed by atoms with Gasteiger partial charge in [-0.25, -0.2) is 4.98 Å². The molecule has 0 atom stereocenters. The minimum atomic E-state index is 0.921. The minimum absolute atomic E-state index is 0.921. The van der Waals surface area contributed by atoms with E-state index in [1.165, 1.54) is 12.1 Å². The van der Waals surface area contributed by atoms with Crippen LogP contribution < -0.4 is 5.32 Å². The van der Waals surface area contributed by atoms with E-state index in [-0.39, 0.29) is 0 Å². The molecule has 1 aliphatic heterocycles. The summed E-state index contributed by atoms with van der Waals surface area (Å²) in [5.41, 5.74) is 4.46. The third kappa shape index (κ3) is 2.98. The Morgan fingerprint density at radius 3 is 2.87 bits per heavy atom. The van der Waals surface area contributed by atoms with Crippen LogP contribution in [0.25, 0.3) is 16.9 Å². The van der Waals surface area contributed by atoms with E-state index in [1.807, 2.05) is 30.6 Å². The van der Waals surface area contributed by atoms with Gasteiger partial charge in [-0.3, -0.25) is 9.88 Å². The van der Waals surface area contributed by atoms with E-state index in [2.05, 4.69) is 37.9 Å². The van der Waals surface area contributed by atoms with E-state index >= 15 is 0 Å². The van der Waals surface area contributed by atoms with Gasteiger partial charge in [-0.1, -0.05) is 6.07 Å². The van der Waals surface area contributed by atoms with Crippen LogP contribution in [0.2, 0.25) is 0 Å². The van der Waals surface area contributed by atoms with Crippen molar-refractivity contribution in [1.82, 2.24) is 24.6 Å². The van der Waals surface area contributed by atoms with Gasteiger partial charge in [0.15, 0.2) is 0 Å². The van der Waals surface area contributed by atoms with Crippen molar-refractivity contribution < 1.29 is 0 Å². The average Bonchev–Trinajstić information content (AvgIpc) is 2.78. The van der Waals surface area contributed by atoms with Crippen molar-refractivity contribution >= 4 is 5.65 Å². The maximum Gasteiger partial charge on any atom is 0.137 e. The zero-order chi connectivity index (χ0) is 15.5. The summed E-state index contributed by atoms with van der Waals surface area (Å²) in [4.78, 5) is 11.5. The van der Waals surface area contributed by atoms with E-state index in [0.717, 1.165) is 49.6 Å². The fourth-order valence-corrected chi connectivity index (χ4v) is 3.21. The van der Waals surface area contributed by atoms with Crippen LogP contribution in [0.4, 0.5) is 0 Å². The highest BCUT2D eigenvalue weighted by Gasteiger charge is 2.17. The number of nitrogens with one attached hydrogen (secondary N) is 1. The van der Waals surface area contributed by atoms with E-state index in [4.69, 9.17) is 4.98 Å². The molecule has 1 N–H and O–H groups in total. The molecule has 3 aromatic rings. The molecule has 1 fully saturated rings. The van der Waals surface area contributed by atoms with Gasteiger partial charge < -0.3 is 9.72 Å². The van der Waals surface area contributed by atoms with Crippen molar-refractivity contribution in [1.29, 1.82) is 0 Å². The molecule has 0 aromatic carbocycles. The number of pyridine rings is 2. The summed E-state index contributed by atoms with van der Waals surface area (Å²) >= 11 is 0. The molecule has 118 valence electrons. The third-order valence-corrected chi connectivity index (χ3v) is 4.39. The number of imidazole rings is 1. The Kier molecular flexibility index (Phi) is 4.05. The molecule has 1 aliphatic rings. The summed E-state index contributed by atoms with van der Waals surface area (Å²) in [6.45, 7) is 5.30. The van der Waals surface area contributed by atoms with E-state index < -0.39 is 0 Å². The highest BCUT2D eigenvalue weighted by Crippen LogP contribution is 2.25. The van der Waals surface area contributed by atoms with Gasteiger partial charge in [-0.15, -0.1) is 0 Å². The fourth-order valence-electron chi connectivity index (χ4n) is 3.21. The van der Waals surface area contributed by atoms with Gasteiger partial charge in [-0.2, -0.15) is 0 Å². The van der Waals surface area contributed by atoms with Gasteiger partial charge in [0, 0.05) is 43.8 Å². The Hall–Kier alpha value is -2.24. The second-order valence-corrected chi connectivity index (χ2v) is 5.95. The molecular weight excluding hydrogens is 286 g/mol. The van der Waals surface area contributed by atoms with Gasteiger partial charge in [-0.05, 0) is 43.8 Å². The summed E-state index contributed by atoms with van der Waals surface area (Å²) < 4.78 is 2.22. The maximum absolute atomic E-state index is 4.86. The van der Waals surface area contributed by atoms with E-state index in [0.29, 0.717) is 0 Å². The number of hydrogen-bond donors (Lipinski definition) is 1. The Labute approximate surface area is 136 Å². The molecule has 0 bridgehead atoms. The lowest BCUT2D eigenvalue weighted by Gasteiger charge is -2.20. The predicted octanol–water partition coefficient (Wildman–Crippen LogP) is 2.19. The van der Waals surface area contributed by atoms with Gasteiger partial charge in [0.25, 0.3) is 0 Å². The van der Waals surface area contributed by atoms with Gasteiger partial charge >= 0.3 is 0 Å². The largest absolute Gasteiger partial charge is 0.315 e. The molecule has 3 aromatic heterocycles. The van der Waals surface area contributed by atoms with Crippen LogP contribution in [-0.2, 0) is 6.54 Å². The average molecular weight is 307 g/mol. The molecule has 5 nitrogen and oxygen atoms in total. The first-order valence-electron chi connectivity index (χ1n) is 8.21. The van der Waals surface area contributed by atoms with Crippen LogP contribution in [0.15, 0.2) is 48.9 Å². The van der Waals surface area contributed by atoms with Crippen LogP contribution in [0.5, 0.6) is 0 Å². The predicted molar refractivity (Wildman–Crippen MR) is 91.2 cm³/mol. The van der Waals surface area contributed by atoms with Gasteiger partial charge in [0.05, 0.1) is 11.4 Å². The standard InChI is InChI=1S/C18H21N5/c1-2-12-23-16(14-22-11-3-7-19-10-13-22)18(21-17(23)4-1)15-5-8-20-9-6-15/h1-2,4-6,8-9,12,19H,3,7,10-11,13-14H2. The maximum atomic E-state index is 4.86. The zero-order valence-corrected chi connectivity index (χ0v) is 13.2. The minimum Gasteiger partial charge on any atom is -0.315 e. The number of hydrogen-bond acceptors (Lipinski definition) is 4. The lowest BCUT2D eigenvalue weighted by atomic mass is 10.1. The van der Waals surface area contributed by atoms with Crippen molar-refractivity contribution in [3.05, 3.63) is 54.6 Å². The Morgan fingerprint density at radius 2 is 1.96 bits per heavy atom. The molecule has 0 unspecified atom stereocenters. The summed E-state index contributed by atoms with van der Waals surface area (Å²) in [6, 6.07) is 10.2. The van der Waals surface area contributed by atoms with Crippen LogP contribution >= 0.6 is 0 Å². The Bertz CT molecular complexity index is 772. The molecule has 0 saturated carbocycles. The SMILES string of the molecule is c1ccn2c(CN3CCCNCC3)c(-c3ccncc3)nc2c1. The normalized spacial score (nSPS) is 16.5. The molecule has 23 heavy (non-hydrogen) atoms. The number of fused-ring (bicyclic) bond motifs is 1. The van der Waals surface area contributed by atoms with Crippen LogP contribution in [0.3, 0.4) is 0 Å². The summed E-state index contributed by atoms with van der Waals surface area (Å²) in [6.07, 6.45) is 6.97. The number of rotatable bonds is 3. The van der Waals surface area contributed by atoms with E-state index in [9.17, 15) is 0 Å². The first-order valence-corrected chi connectivity index (χ1v) is 8.21. The van der Waals surface area contributed by atoms with Crippen LogP contribution in [0.1, 0.15) is 12.1 Å². The monoisotopic (exact) mass is 307 g/mol.